The lowest BCUT2D eigenvalue weighted by atomic mass is 10.2. The molecule has 0 amide bonds. The summed E-state index contributed by atoms with van der Waals surface area (Å²) in [5.41, 5.74) is 4.17. The van der Waals surface area contributed by atoms with Crippen molar-refractivity contribution in [3.05, 3.63) is 77.9 Å². The van der Waals surface area contributed by atoms with Crippen LogP contribution in [0.2, 0.25) is 0 Å². The Morgan fingerprint density at radius 3 is 1.89 bits per heavy atom. The third-order valence-corrected chi connectivity index (χ3v) is 5.69. The molecule has 3 aromatic rings. The molecule has 0 aliphatic heterocycles. The average Bonchev–Trinajstić information content (AvgIpc) is 2.64. The predicted octanol–water partition coefficient (Wildman–Crippen LogP) is 4.86. The zero-order valence-electron chi connectivity index (χ0n) is 15.5. The van der Waals surface area contributed by atoms with Gasteiger partial charge in [0.05, 0.1) is 12.0 Å². The van der Waals surface area contributed by atoms with Crippen LogP contribution in [-0.2, 0) is 10.0 Å². The Kier molecular flexibility index (Phi) is 5.37. The number of benzene rings is 3. The summed E-state index contributed by atoms with van der Waals surface area (Å²) in [6.07, 6.45) is 0. The molecule has 0 fully saturated rings. The van der Waals surface area contributed by atoms with E-state index in [0.29, 0.717) is 17.0 Å². The van der Waals surface area contributed by atoms with Gasteiger partial charge in [-0.1, -0.05) is 17.7 Å². The van der Waals surface area contributed by atoms with Crippen molar-refractivity contribution >= 4 is 27.1 Å². The number of aryl methyl sites for hydroxylation is 2. The number of ether oxygens (including phenoxy) is 1. The molecule has 0 bridgehead atoms. The quantitative estimate of drug-likeness (QED) is 0.639. The van der Waals surface area contributed by atoms with E-state index in [9.17, 15) is 8.42 Å². The van der Waals surface area contributed by atoms with Crippen LogP contribution < -0.4 is 14.8 Å². The van der Waals surface area contributed by atoms with E-state index in [1.807, 2.05) is 43.3 Å². The van der Waals surface area contributed by atoms with Crippen molar-refractivity contribution in [1.29, 1.82) is 0 Å². The smallest absolute Gasteiger partial charge is 0.262 e. The first kappa shape index (κ1) is 18.8. The Labute approximate surface area is 160 Å². The van der Waals surface area contributed by atoms with Crippen LogP contribution in [-0.4, -0.2) is 15.5 Å². The van der Waals surface area contributed by atoms with E-state index in [-0.39, 0.29) is 4.90 Å². The molecule has 0 saturated carbocycles. The van der Waals surface area contributed by atoms with Crippen molar-refractivity contribution < 1.29 is 13.2 Å². The molecule has 3 aromatic carbocycles. The Balaban J connectivity index is 1.74. The van der Waals surface area contributed by atoms with Crippen LogP contribution in [0.15, 0.2) is 71.6 Å². The highest BCUT2D eigenvalue weighted by atomic mass is 32.2. The Morgan fingerprint density at radius 1 is 0.778 bits per heavy atom. The summed E-state index contributed by atoms with van der Waals surface area (Å²) < 4.78 is 33.1. The summed E-state index contributed by atoms with van der Waals surface area (Å²) in [7, 11) is -2.12. The molecule has 0 aliphatic carbocycles. The van der Waals surface area contributed by atoms with Crippen LogP contribution >= 0.6 is 0 Å². The number of rotatable bonds is 6. The van der Waals surface area contributed by atoms with Gasteiger partial charge in [-0.05, 0) is 74.0 Å². The van der Waals surface area contributed by atoms with E-state index in [4.69, 9.17) is 4.74 Å². The van der Waals surface area contributed by atoms with Crippen LogP contribution in [0.1, 0.15) is 11.1 Å². The van der Waals surface area contributed by atoms with Crippen LogP contribution in [0.3, 0.4) is 0 Å². The standard InChI is InChI=1S/C21H22N2O3S/c1-15-4-6-17(7-5-15)22-18-8-10-19(11-9-18)23-27(24,25)21-13-12-20(26-3)14-16(21)2/h4-14,22-23H,1-3H3. The maximum Gasteiger partial charge on any atom is 0.262 e. The van der Waals surface area contributed by atoms with E-state index >= 15 is 0 Å². The van der Waals surface area contributed by atoms with Gasteiger partial charge in [0.2, 0.25) is 0 Å². The average molecular weight is 382 g/mol. The van der Waals surface area contributed by atoms with Crippen molar-refractivity contribution in [2.24, 2.45) is 0 Å². The van der Waals surface area contributed by atoms with E-state index in [0.717, 1.165) is 11.4 Å². The number of hydrogen-bond acceptors (Lipinski definition) is 4. The first-order valence-corrected chi connectivity index (χ1v) is 9.97. The van der Waals surface area contributed by atoms with Gasteiger partial charge in [-0.3, -0.25) is 4.72 Å². The number of hydrogen-bond donors (Lipinski definition) is 2. The van der Waals surface area contributed by atoms with Gasteiger partial charge in [0.25, 0.3) is 10.0 Å². The second-order valence-corrected chi connectivity index (χ2v) is 7.96. The predicted molar refractivity (Wildman–Crippen MR) is 109 cm³/mol. The molecule has 2 N–H and O–H groups in total. The summed E-state index contributed by atoms with van der Waals surface area (Å²) in [4.78, 5) is 0.227. The van der Waals surface area contributed by atoms with E-state index in [1.54, 1.807) is 44.4 Å². The molecular weight excluding hydrogens is 360 g/mol. The fourth-order valence-electron chi connectivity index (χ4n) is 2.69. The van der Waals surface area contributed by atoms with Gasteiger partial charge >= 0.3 is 0 Å². The van der Waals surface area contributed by atoms with Gasteiger partial charge in [0.1, 0.15) is 5.75 Å². The fourth-order valence-corrected chi connectivity index (χ4v) is 3.97. The molecule has 6 heteroatoms. The van der Waals surface area contributed by atoms with Crippen molar-refractivity contribution in [3.8, 4) is 5.75 Å². The second kappa shape index (κ2) is 7.72. The van der Waals surface area contributed by atoms with E-state index < -0.39 is 10.0 Å². The summed E-state index contributed by atoms with van der Waals surface area (Å²) >= 11 is 0. The Bertz CT molecular complexity index is 1030. The minimum atomic E-state index is -3.67. The SMILES string of the molecule is COc1ccc(S(=O)(=O)Nc2ccc(Nc3ccc(C)cc3)cc2)c(C)c1. The molecule has 27 heavy (non-hydrogen) atoms. The third-order valence-electron chi connectivity index (χ3n) is 4.15. The molecule has 0 atom stereocenters. The molecule has 0 aromatic heterocycles. The molecule has 0 unspecified atom stereocenters. The van der Waals surface area contributed by atoms with Crippen molar-refractivity contribution in [1.82, 2.24) is 0 Å². The minimum Gasteiger partial charge on any atom is -0.497 e. The largest absolute Gasteiger partial charge is 0.497 e. The molecule has 0 spiro atoms. The molecule has 0 aliphatic rings. The molecule has 5 nitrogen and oxygen atoms in total. The second-order valence-electron chi connectivity index (χ2n) is 6.31. The van der Waals surface area contributed by atoms with Crippen LogP contribution in [0.25, 0.3) is 0 Å². The summed E-state index contributed by atoms with van der Waals surface area (Å²) in [5.74, 6) is 0.623. The lowest BCUT2D eigenvalue weighted by Gasteiger charge is -2.12. The lowest BCUT2D eigenvalue weighted by Crippen LogP contribution is -2.14. The fraction of sp³-hybridized carbons (Fsp3) is 0.143. The molecule has 140 valence electrons. The Morgan fingerprint density at radius 2 is 1.33 bits per heavy atom. The van der Waals surface area contributed by atoms with Gasteiger partial charge in [0, 0.05) is 17.1 Å². The van der Waals surface area contributed by atoms with Gasteiger partial charge in [-0.2, -0.15) is 0 Å². The highest BCUT2D eigenvalue weighted by Crippen LogP contribution is 2.25. The van der Waals surface area contributed by atoms with Gasteiger partial charge < -0.3 is 10.1 Å². The van der Waals surface area contributed by atoms with Crippen LogP contribution in [0.4, 0.5) is 17.1 Å². The normalized spacial score (nSPS) is 11.1. The maximum absolute atomic E-state index is 12.7. The number of methoxy groups -OCH3 is 1. The first-order chi connectivity index (χ1) is 12.9. The summed E-state index contributed by atoms with van der Waals surface area (Å²) in [5, 5.41) is 3.28. The highest BCUT2D eigenvalue weighted by Gasteiger charge is 2.17. The minimum absolute atomic E-state index is 0.227. The molecule has 0 saturated heterocycles. The van der Waals surface area contributed by atoms with Gasteiger partial charge in [-0.25, -0.2) is 8.42 Å². The third kappa shape index (κ3) is 4.60. The zero-order valence-corrected chi connectivity index (χ0v) is 16.3. The Hall–Kier alpha value is -2.99. The van der Waals surface area contributed by atoms with Crippen molar-refractivity contribution in [2.75, 3.05) is 17.1 Å². The van der Waals surface area contributed by atoms with Crippen LogP contribution in [0, 0.1) is 13.8 Å². The maximum atomic E-state index is 12.7. The zero-order chi connectivity index (χ0) is 19.4. The monoisotopic (exact) mass is 382 g/mol. The number of sulfonamides is 1. The van der Waals surface area contributed by atoms with E-state index in [1.165, 1.54) is 5.56 Å². The van der Waals surface area contributed by atoms with Crippen LogP contribution in [0.5, 0.6) is 5.75 Å². The number of anilines is 3. The topological polar surface area (TPSA) is 67.4 Å². The lowest BCUT2D eigenvalue weighted by molar-refractivity contribution is 0.414. The molecular formula is C21H22N2O3S. The van der Waals surface area contributed by atoms with Gasteiger partial charge in [0.15, 0.2) is 0 Å². The van der Waals surface area contributed by atoms with Gasteiger partial charge in [-0.15, -0.1) is 0 Å². The van der Waals surface area contributed by atoms with Crippen molar-refractivity contribution in [3.63, 3.8) is 0 Å². The number of nitrogens with one attached hydrogen (secondary N) is 2. The van der Waals surface area contributed by atoms with Crippen molar-refractivity contribution in [2.45, 2.75) is 18.7 Å². The molecule has 3 rings (SSSR count). The van der Waals surface area contributed by atoms with E-state index in [2.05, 4.69) is 10.0 Å². The first-order valence-electron chi connectivity index (χ1n) is 8.48. The molecule has 0 radical (unpaired) electrons. The summed E-state index contributed by atoms with van der Waals surface area (Å²) in [6.45, 7) is 3.78. The molecule has 0 heterocycles. The summed E-state index contributed by atoms with van der Waals surface area (Å²) in [6, 6.07) is 20.1. The highest BCUT2D eigenvalue weighted by molar-refractivity contribution is 7.92.